The zero-order valence-corrected chi connectivity index (χ0v) is 14.8. The Morgan fingerprint density at radius 2 is 1.80 bits per heavy atom. The van der Waals surface area contributed by atoms with Crippen LogP contribution in [-0.2, 0) is 17.9 Å². The zero-order valence-electron chi connectivity index (χ0n) is 14.8. The SMILES string of the molecule is CCn1c(=O)n(CC(=O)N2CCC3(CCNC3)CC2)c2ccccc21. The molecule has 1 aromatic carbocycles. The summed E-state index contributed by atoms with van der Waals surface area (Å²) in [6.07, 6.45) is 3.35. The summed E-state index contributed by atoms with van der Waals surface area (Å²) in [4.78, 5) is 27.4. The second-order valence-electron chi connectivity index (χ2n) is 7.41. The van der Waals surface area contributed by atoms with Gasteiger partial charge in [-0.1, -0.05) is 12.1 Å². The van der Waals surface area contributed by atoms with E-state index in [1.807, 2.05) is 36.1 Å². The van der Waals surface area contributed by atoms with Crippen LogP contribution >= 0.6 is 0 Å². The van der Waals surface area contributed by atoms with Gasteiger partial charge < -0.3 is 10.2 Å². The number of benzene rings is 1. The number of nitrogens with zero attached hydrogens (tertiary/aromatic N) is 3. The third-order valence-electron chi connectivity index (χ3n) is 6.04. The van der Waals surface area contributed by atoms with Gasteiger partial charge in [0.05, 0.1) is 11.0 Å². The maximum atomic E-state index is 12.8. The van der Waals surface area contributed by atoms with Gasteiger partial charge in [-0.05, 0) is 50.3 Å². The molecule has 1 spiro atoms. The van der Waals surface area contributed by atoms with Crippen LogP contribution in [0.3, 0.4) is 0 Å². The summed E-state index contributed by atoms with van der Waals surface area (Å²) in [6, 6.07) is 7.71. The molecule has 25 heavy (non-hydrogen) atoms. The number of carbonyl (C=O) groups is 1. The van der Waals surface area contributed by atoms with Crippen molar-refractivity contribution in [3.05, 3.63) is 34.7 Å². The second-order valence-corrected chi connectivity index (χ2v) is 7.41. The van der Waals surface area contributed by atoms with Crippen molar-refractivity contribution >= 4 is 16.9 Å². The third kappa shape index (κ3) is 2.78. The molecule has 6 heteroatoms. The average Bonchev–Trinajstić information content (AvgIpc) is 3.19. The molecular formula is C19H26N4O2. The molecule has 2 aliphatic rings. The number of piperidine rings is 1. The van der Waals surface area contributed by atoms with E-state index in [2.05, 4.69) is 5.32 Å². The summed E-state index contributed by atoms with van der Waals surface area (Å²) in [5.74, 6) is 0.0573. The number of amides is 1. The van der Waals surface area contributed by atoms with Crippen molar-refractivity contribution in [2.45, 2.75) is 39.3 Å². The first-order valence-corrected chi connectivity index (χ1v) is 9.30. The van der Waals surface area contributed by atoms with Gasteiger partial charge in [-0.25, -0.2) is 4.79 Å². The molecule has 3 heterocycles. The molecule has 1 N–H and O–H groups in total. The topological polar surface area (TPSA) is 59.3 Å². The first kappa shape index (κ1) is 16.4. The molecule has 1 amide bonds. The molecule has 0 bridgehead atoms. The average molecular weight is 342 g/mol. The van der Waals surface area contributed by atoms with Crippen molar-refractivity contribution in [2.75, 3.05) is 26.2 Å². The Morgan fingerprint density at radius 1 is 1.12 bits per heavy atom. The minimum atomic E-state index is -0.0921. The molecule has 2 saturated heterocycles. The smallest absolute Gasteiger partial charge is 0.329 e. The lowest BCUT2D eigenvalue weighted by Gasteiger charge is -2.38. The van der Waals surface area contributed by atoms with E-state index in [4.69, 9.17) is 0 Å². The van der Waals surface area contributed by atoms with Crippen molar-refractivity contribution in [3.63, 3.8) is 0 Å². The van der Waals surface area contributed by atoms with Gasteiger partial charge in [0.2, 0.25) is 5.91 Å². The fraction of sp³-hybridized carbons (Fsp3) is 0.579. The van der Waals surface area contributed by atoms with Crippen LogP contribution in [0.25, 0.3) is 11.0 Å². The molecule has 2 fully saturated rings. The normalized spacial score (nSPS) is 19.8. The molecule has 1 aromatic heterocycles. The Bertz CT molecular complexity index is 835. The van der Waals surface area contributed by atoms with Crippen LogP contribution in [0.5, 0.6) is 0 Å². The van der Waals surface area contributed by atoms with E-state index >= 15 is 0 Å². The molecular weight excluding hydrogens is 316 g/mol. The predicted molar refractivity (Wildman–Crippen MR) is 97.6 cm³/mol. The highest BCUT2D eigenvalue weighted by molar-refractivity contribution is 5.81. The van der Waals surface area contributed by atoms with Crippen molar-refractivity contribution in [1.82, 2.24) is 19.4 Å². The van der Waals surface area contributed by atoms with Crippen molar-refractivity contribution in [1.29, 1.82) is 0 Å². The molecule has 0 saturated carbocycles. The number of likely N-dealkylation sites (tertiary alicyclic amines) is 1. The number of rotatable bonds is 3. The quantitative estimate of drug-likeness (QED) is 0.918. The molecule has 0 atom stereocenters. The van der Waals surface area contributed by atoms with Gasteiger partial charge in [-0.15, -0.1) is 0 Å². The highest BCUT2D eigenvalue weighted by Crippen LogP contribution is 2.36. The number of hydrogen-bond donors (Lipinski definition) is 1. The van der Waals surface area contributed by atoms with Gasteiger partial charge in [-0.3, -0.25) is 13.9 Å². The summed E-state index contributed by atoms with van der Waals surface area (Å²) in [5.41, 5.74) is 2.05. The van der Waals surface area contributed by atoms with Gasteiger partial charge in [-0.2, -0.15) is 0 Å². The van der Waals surface area contributed by atoms with Gasteiger partial charge in [0.25, 0.3) is 0 Å². The van der Waals surface area contributed by atoms with Crippen LogP contribution < -0.4 is 11.0 Å². The predicted octanol–water partition coefficient (Wildman–Crippen LogP) is 1.43. The minimum absolute atomic E-state index is 0.0573. The Labute approximate surface area is 147 Å². The first-order valence-electron chi connectivity index (χ1n) is 9.30. The molecule has 0 aliphatic carbocycles. The Balaban J connectivity index is 1.53. The number of imidazole rings is 1. The van der Waals surface area contributed by atoms with Crippen LogP contribution in [-0.4, -0.2) is 46.1 Å². The Hall–Kier alpha value is -2.08. The molecule has 0 unspecified atom stereocenters. The summed E-state index contributed by atoms with van der Waals surface area (Å²) in [5, 5.41) is 3.45. The van der Waals surface area contributed by atoms with Crippen LogP contribution in [0.15, 0.2) is 29.1 Å². The molecule has 4 rings (SSSR count). The van der Waals surface area contributed by atoms with E-state index in [0.717, 1.165) is 50.1 Å². The summed E-state index contributed by atoms with van der Waals surface area (Å²) >= 11 is 0. The van der Waals surface area contributed by atoms with Crippen molar-refractivity contribution in [3.8, 4) is 0 Å². The molecule has 134 valence electrons. The molecule has 0 radical (unpaired) electrons. The monoisotopic (exact) mass is 342 g/mol. The van der Waals surface area contributed by atoms with Gasteiger partial charge in [0, 0.05) is 26.2 Å². The van der Waals surface area contributed by atoms with Crippen LogP contribution in [0.4, 0.5) is 0 Å². The van der Waals surface area contributed by atoms with Crippen LogP contribution in [0.2, 0.25) is 0 Å². The first-order chi connectivity index (χ1) is 12.1. The minimum Gasteiger partial charge on any atom is -0.341 e. The summed E-state index contributed by atoms with van der Waals surface area (Å²) < 4.78 is 3.36. The van der Waals surface area contributed by atoms with Crippen LogP contribution in [0, 0.1) is 5.41 Å². The number of nitrogens with one attached hydrogen (secondary N) is 1. The highest BCUT2D eigenvalue weighted by atomic mass is 16.2. The number of fused-ring (bicyclic) bond motifs is 1. The number of aryl methyl sites for hydroxylation is 1. The highest BCUT2D eigenvalue weighted by Gasteiger charge is 2.38. The lowest BCUT2D eigenvalue weighted by molar-refractivity contribution is -0.134. The van der Waals surface area contributed by atoms with Gasteiger partial charge in [0.1, 0.15) is 6.54 Å². The summed E-state index contributed by atoms with van der Waals surface area (Å²) in [6.45, 7) is 6.50. The van der Waals surface area contributed by atoms with Gasteiger partial charge in [0.15, 0.2) is 0 Å². The number of hydrogen-bond acceptors (Lipinski definition) is 3. The maximum Gasteiger partial charge on any atom is 0.329 e. The largest absolute Gasteiger partial charge is 0.341 e. The van der Waals surface area contributed by atoms with E-state index in [1.54, 1.807) is 9.13 Å². The zero-order chi connectivity index (χ0) is 17.4. The Morgan fingerprint density at radius 3 is 2.40 bits per heavy atom. The van der Waals surface area contributed by atoms with E-state index < -0.39 is 0 Å². The second kappa shape index (κ2) is 6.33. The lowest BCUT2D eigenvalue weighted by Crippen LogP contribution is -2.45. The molecule has 2 aliphatic heterocycles. The maximum absolute atomic E-state index is 12.8. The third-order valence-corrected chi connectivity index (χ3v) is 6.04. The fourth-order valence-electron chi connectivity index (χ4n) is 4.42. The van der Waals surface area contributed by atoms with Crippen molar-refractivity contribution < 1.29 is 4.79 Å². The molecule has 2 aromatic rings. The standard InChI is InChI=1S/C19H26N4O2/c1-2-22-15-5-3-4-6-16(15)23(18(22)25)13-17(24)21-11-8-19(9-12-21)7-10-20-14-19/h3-6,20H,2,7-14H2,1H3. The molecule has 6 nitrogen and oxygen atoms in total. The lowest BCUT2D eigenvalue weighted by atomic mass is 9.78. The fourth-order valence-corrected chi connectivity index (χ4v) is 4.42. The van der Waals surface area contributed by atoms with Gasteiger partial charge >= 0.3 is 5.69 Å². The number of aromatic nitrogens is 2. The van der Waals surface area contributed by atoms with E-state index in [1.165, 1.54) is 6.42 Å². The summed E-state index contributed by atoms with van der Waals surface area (Å²) in [7, 11) is 0. The van der Waals surface area contributed by atoms with E-state index in [0.29, 0.717) is 12.0 Å². The van der Waals surface area contributed by atoms with E-state index in [9.17, 15) is 9.59 Å². The number of carbonyl (C=O) groups excluding carboxylic acids is 1. The van der Waals surface area contributed by atoms with Crippen LogP contribution in [0.1, 0.15) is 26.2 Å². The number of para-hydroxylation sites is 2. The van der Waals surface area contributed by atoms with Crippen molar-refractivity contribution in [2.24, 2.45) is 5.41 Å². The Kier molecular flexibility index (Phi) is 4.15. The van der Waals surface area contributed by atoms with E-state index in [-0.39, 0.29) is 18.1 Å².